The number of nitrogens with one attached hydrogen (secondary N) is 1. The molecule has 4 rings (SSSR count). The van der Waals surface area contributed by atoms with Crippen molar-refractivity contribution in [1.82, 2.24) is 19.5 Å². The van der Waals surface area contributed by atoms with E-state index in [1.165, 1.54) is 10.9 Å². The Labute approximate surface area is 205 Å². The lowest BCUT2D eigenvalue weighted by Crippen LogP contribution is -2.39. The molecule has 3 heterocycles. The number of sulfone groups is 1. The highest BCUT2D eigenvalue weighted by Gasteiger charge is 2.49. The Morgan fingerprint density at radius 2 is 1.97 bits per heavy atom. The minimum Gasteiger partial charge on any atom is -0.387 e. The van der Waals surface area contributed by atoms with Crippen molar-refractivity contribution in [1.29, 1.82) is 0 Å². The monoisotopic (exact) mass is 555 g/mol. The van der Waals surface area contributed by atoms with Gasteiger partial charge in [0.15, 0.2) is 38.0 Å². The van der Waals surface area contributed by atoms with E-state index in [9.17, 15) is 33.0 Å². The Kier molecular flexibility index (Phi) is 7.72. The third kappa shape index (κ3) is 5.48. The first-order valence-corrected chi connectivity index (χ1v) is 14.6. The Morgan fingerprint density at radius 1 is 1.29 bits per heavy atom. The van der Waals surface area contributed by atoms with Crippen LogP contribution in [-0.2, 0) is 23.9 Å². The van der Waals surface area contributed by atoms with E-state index in [-0.39, 0.29) is 17.0 Å². The largest absolute Gasteiger partial charge is 0.387 e. The Balaban J connectivity index is 1.60. The molecule has 17 heteroatoms. The highest BCUT2D eigenvalue weighted by Crippen LogP contribution is 2.45. The maximum absolute atomic E-state index is 12.7. The second-order valence-corrected chi connectivity index (χ2v) is 13.4. The third-order valence-electron chi connectivity index (χ3n) is 6.20. The average molecular weight is 556 g/mol. The van der Waals surface area contributed by atoms with Crippen LogP contribution in [0, 0.1) is 0 Å². The highest BCUT2D eigenvalue weighted by molar-refractivity contribution is 7.98. The summed E-state index contributed by atoms with van der Waals surface area (Å²) >= 11 is 6.11. The summed E-state index contributed by atoms with van der Waals surface area (Å²) in [6.45, 7) is -0.750. The maximum Gasteiger partial charge on any atom is 0.345 e. The van der Waals surface area contributed by atoms with Gasteiger partial charge in [0.2, 0.25) is 5.28 Å². The lowest BCUT2D eigenvalue weighted by Gasteiger charge is -2.21. The van der Waals surface area contributed by atoms with Crippen LogP contribution in [0.25, 0.3) is 11.2 Å². The summed E-state index contributed by atoms with van der Waals surface area (Å²) < 4.78 is 48.8. The third-order valence-corrected chi connectivity index (χ3v) is 10.8. The van der Waals surface area contributed by atoms with Crippen LogP contribution in [0.5, 0.6) is 0 Å². The number of ether oxygens (including phenoxy) is 2. The molecule has 35 heavy (non-hydrogen) atoms. The molecule has 1 unspecified atom stereocenters. The van der Waals surface area contributed by atoms with E-state index >= 15 is 0 Å². The van der Waals surface area contributed by atoms with Crippen molar-refractivity contribution < 1.29 is 42.5 Å². The van der Waals surface area contributed by atoms with Gasteiger partial charge in [-0.15, -0.1) is 0 Å². The van der Waals surface area contributed by atoms with Crippen LogP contribution in [0.1, 0.15) is 31.9 Å². The van der Waals surface area contributed by atoms with Crippen molar-refractivity contribution in [3.8, 4) is 0 Å². The number of aromatic nitrogens is 4. The standard InChI is InChI=1S/C18H27ClN5O9PS/c1-32-6-11(34(27,28)29)35(30,31)7-10-13(25)14(26)17(33-10)24-8-20-12-15(21-9-4-2-3-5-9)22-18(19)23-16(12)24/h8-11,13-14,17,25-26H,2-7H2,1H3,(H,21,22,23)(H2,27,28,29)/t10-,11?,13-,14-,17-/m1/s1. The Hall–Kier alpha value is -1.42. The van der Waals surface area contributed by atoms with Crippen molar-refractivity contribution in [2.24, 2.45) is 0 Å². The summed E-state index contributed by atoms with van der Waals surface area (Å²) in [5.74, 6) is -0.556. The topological polar surface area (TPSA) is 206 Å². The van der Waals surface area contributed by atoms with Crippen molar-refractivity contribution in [2.45, 2.75) is 61.3 Å². The molecule has 1 aliphatic carbocycles. The van der Waals surface area contributed by atoms with Gasteiger partial charge in [-0.25, -0.2) is 13.4 Å². The second-order valence-electron chi connectivity index (χ2n) is 8.67. The Bertz CT molecular complexity index is 1220. The van der Waals surface area contributed by atoms with Gasteiger partial charge in [-0.2, -0.15) is 9.97 Å². The van der Waals surface area contributed by atoms with Gasteiger partial charge < -0.3 is 34.8 Å². The number of hydrogen-bond donors (Lipinski definition) is 5. The van der Waals surface area contributed by atoms with Gasteiger partial charge in [0.1, 0.15) is 18.3 Å². The van der Waals surface area contributed by atoms with E-state index in [2.05, 4.69) is 25.0 Å². The highest BCUT2D eigenvalue weighted by atomic mass is 35.5. The Morgan fingerprint density at radius 3 is 2.60 bits per heavy atom. The molecular formula is C18H27ClN5O9PS. The first-order valence-electron chi connectivity index (χ1n) is 10.9. The molecule has 2 fully saturated rings. The fourth-order valence-electron chi connectivity index (χ4n) is 4.43. The van der Waals surface area contributed by atoms with E-state index in [0.29, 0.717) is 11.3 Å². The van der Waals surface area contributed by atoms with Crippen LogP contribution >= 0.6 is 19.2 Å². The van der Waals surface area contributed by atoms with Gasteiger partial charge >= 0.3 is 7.60 Å². The van der Waals surface area contributed by atoms with E-state index in [4.69, 9.17) is 16.3 Å². The number of anilines is 1. The number of aliphatic hydroxyl groups is 2. The number of nitrogens with zero attached hydrogens (tertiary/aromatic N) is 4. The summed E-state index contributed by atoms with van der Waals surface area (Å²) in [5, 5.41) is 24.4. The summed E-state index contributed by atoms with van der Waals surface area (Å²) in [7, 11) is -8.50. The molecule has 1 saturated heterocycles. The fraction of sp³-hybridized carbons (Fsp3) is 0.722. The predicted molar refractivity (Wildman–Crippen MR) is 124 cm³/mol. The van der Waals surface area contributed by atoms with Crippen LogP contribution < -0.4 is 5.32 Å². The van der Waals surface area contributed by atoms with Crippen LogP contribution in [0.2, 0.25) is 5.28 Å². The minimum absolute atomic E-state index is 0.0871. The lowest BCUT2D eigenvalue weighted by molar-refractivity contribution is -0.0292. The second kappa shape index (κ2) is 10.1. The number of fused-ring (bicyclic) bond motifs is 1. The zero-order valence-corrected chi connectivity index (χ0v) is 21.1. The number of imidazole rings is 1. The molecule has 14 nitrogen and oxygen atoms in total. The number of aliphatic hydroxyl groups excluding tert-OH is 2. The van der Waals surface area contributed by atoms with Crippen molar-refractivity contribution in [3.05, 3.63) is 11.6 Å². The molecule has 5 atom stereocenters. The van der Waals surface area contributed by atoms with Crippen LogP contribution in [0.3, 0.4) is 0 Å². The molecule has 0 bridgehead atoms. The molecule has 0 aromatic carbocycles. The number of methoxy groups -OCH3 is 1. The maximum atomic E-state index is 12.7. The first kappa shape index (κ1) is 26.6. The number of rotatable bonds is 9. The van der Waals surface area contributed by atoms with Crippen LogP contribution in [0.15, 0.2) is 6.33 Å². The number of hydrogen-bond acceptors (Lipinski definition) is 11. The lowest BCUT2D eigenvalue weighted by atomic mass is 10.1. The molecule has 2 aliphatic rings. The van der Waals surface area contributed by atoms with Crippen molar-refractivity contribution >= 4 is 46.0 Å². The zero-order chi connectivity index (χ0) is 25.5. The van der Waals surface area contributed by atoms with Gasteiger partial charge in [-0.05, 0) is 24.4 Å². The van der Waals surface area contributed by atoms with Crippen LogP contribution in [0.4, 0.5) is 5.82 Å². The van der Waals surface area contributed by atoms with Gasteiger partial charge in [0, 0.05) is 13.2 Å². The molecule has 1 aliphatic heterocycles. The number of halogens is 1. The van der Waals surface area contributed by atoms with Gasteiger partial charge in [0.25, 0.3) is 0 Å². The van der Waals surface area contributed by atoms with Gasteiger partial charge in [0.05, 0.1) is 18.7 Å². The molecular weight excluding hydrogens is 529 g/mol. The normalized spacial score (nSPS) is 27.0. The SMILES string of the molecule is COCC(P(=O)(O)O)S(=O)(=O)C[C@H]1O[C@@H](n2cnc3c(NC4CCCC4)nc(Cl)nc32)[C@H](O)[C@@H]1O. The molecule has 2 aromatic rings. The van der Waals surface area contributed by atoms with Crippen LogP contribution in [-0.4, -0.2) is 96.8 Å². The molecule has 1 saturated carbocycles. The average Bonchev–Trinajstić information content (AvgIpc) is 3.48. The molecule has 0 radical (unpaired) electrons. The predicted octanol–water partition coefficient (Wildman–Crippen LogP) is 0.0184. The van der Waals surface area contributed by atoms with E-state index < -0.39 is 59.3 Å². The molecule has 0 amide bonds. The van der Waals surface area contributed by atoms with Gasteiger partial charge in [-0.1, -0.05) is 12.8 Å². The fourth-order valence-corrected chi connectivity index (χ4v) is 8.17. The summed E-state index contributed by atoms with van der Waals surface area (Å²) in [6, 6.07) is 0.202. The summed E-state index contributed by atoms with van der Waals surface area (Å²) in [4.78, 5) is 29.5. The quantitative estimate of drug-likeness (QED) is 0.204. The van der Waals surface area contributed by atoms with Gasteiger partial charge in [-0.3, -0.25) is 9.13 Å². The molecule has 196 valence electrons. The first-order chi connectivity index (χ1) is 16.4. The minimum atomic E-state index is -5.09. The van der Waals surface area contributed by atoms with E-state index in [1.54, 1.807) is 0 Å². The molecule has 0 spiro atoms. The molecule has 5 N–H and O–H groups in total. The van der Waals surface area contributed by atoms with Crippen molar-refractivity contribution in [2.75, 3.05) is 24.8 Å². The molecule has 2 aromatic heterocycles. The zero-order valence-electron chi connectivity index (χ0n) is 18.6. The van der Waals surface area contributed by atoms with Crippen molar-refractivity contribution in [3.63, 3.8) is 0 Å². The summed E-state index contributed by atoms with van der Waals surface area (Å²) in [5.41, 5.74) is 0.544. The van der Waals surface area contributed by atoms with E-state index in [0.717, 1.165) is 32.8 Å². The smallest absolute Gasteiger partial charge is 0.345 e. The van der Waals surface area contributed by atoms with E-state index in [1.807, 2.05) is 0 Å². The summed E-state index contributed by atoms with van der Waals surface area (Å²) in [6.07, 6.45) is -0.643.